The van der Waals surface area contributed by atoms with Crippen LogP contribution in [0.15, 0.2) is 83.8 Å². The van der Waals surface area contributed by atoms with Crippen LogP contribution in [0.1, 0.15) is 21.3 Å². The van der Waals surface area contributed by atoms with Crippen molar-refractivity contribution in [3.8, 4) is 0 Å². The molecule has 0 N–H and O–H groups in total. The van der Waals surface area contributed by atoms with Crippen molar-refractivity contribution in [2.45, 2.75) is 10.3 Å². The van der Waals surface area contributed by atoms with Crippen LogP contribution in [-0.4, -0.2) is 10.8 Å². The van der Waals surface area contributed by atoms with E-state index >= 15 is 0 Å². The minimum atomic E-state index is -0.448. The monoisotopic (exact) mass is 362 g/mol. The van der Waals surface area contributed by atoms with E-state index in [9.17, 15) is 14.9 Å². The summed E-state index contributed by atoms with van der Waals surface area (Å²) in [5.74, 6) is -0.159. The number of nitro groups is 1. The Hall–Kier alpha value is -3.12. The molecule has 0 spiro atoms. The van der Waals surface area contributed by atoms with Gasteiger partial charge in [-0.3, -0.25) is 19.8 Å². The quantitative estimate of drug-likeness (QED) is 0.483. The van der Waals surface area contributed by atoms with Gasteiger partial charge < -0.3 is 0 Å². The maximum Gasteiger partial charge on any atom is 0.271 e. The van der Waals surface area contributed by atoms with Crippen LogP contribution in [0.3, 0.4) is 0 Å². The molecular weight excluding hydrogens is 348 g/mol. The Labute approximate surface area is 154 Å². The Morgan fingerprint density at radius 3 is 2.42 bits per heavy atom. The number of thioether (sulfide) groups is 1. The summed E-state index contributed by atoms with van der Waals surface area (Å²) in [6.45, 7) is 0. The van der Waals surface area contributed by atoms with Crippen LogP contribution in [0.5, 0.6) is 0 Å². The molecule has 1 aliphatic rings. The second kappa shape index (κ2) is 6.65. The van der Waals surface area contributed by atoms with Crippen LogP contribution >= 0.6 is 11.8 Å². The van der Waals surface area contributed by atoms with E-state index in [1.807, 2.05) is 48.5 Å². The van der Waals surface area contributed by atoms with Gasteiger partial charge in [-0.05, 0) is 23.8 Å². The Balaban J connectivity index is 1.87. The van der Waals surface area contributed by atoms with Crippen molar-refractivity contribution in [2.24, 2.45) is 0 Å². The highest BCUT2D eigenvalue weighted by Crippen LogP contribution is 2.46. The lowest BCUT2D eigenvalue weighted by Gasteiger charge is -2.36. The second-order valence-corrected chi connectivity index (χ2v) is 6.95. The number of rotatable bonds is 3. The zero-order chi connectivity index (χ0) is 18.1. The first-order chi connectivity index (χ1) is 12.6. The van der Waals surface area contributed by atoms with E-state index in [2.05, 4.69) is 0 Å². The standard InChI is InChI=1S/C20H14N2O3S/c23-19-17-11-4-5-12-18(17)26-20(14-7-2-1-3-8-14)21(19)15-9-6-10-16(13-15)22(24)25/h1-13,20H. The smallest absolute Gasteiger partial charge is 0.271 e. The van der Waals surface area contributed by atoms with Crippen molar-refractivity contribution < 1.29 is 9.72 Å². The number of hydrogen-bond acceptors (Lipinski definition) is 4. The number of fused-ring (bicyclic) bond motifs is 1. The minimum Gasteiger partial charge on any atom is -0.291 e. The molecule has 3 aromatic carbocycles. The average molecular weight is 362 g/mol. The third kappa shape index (κ3) is 2.84. The summed E-state index contributed by atoms with van der Waals surface area (Å²) >= 11 is 1.57. The van der Waals surface area contributed by atoms with Crippen molar-refractivity contribution in [2.75, 3.05) is 4.90 Å². The summed E-state index contributed by atoms with van der Waals surface area (Å²) in [5.41, 5.74) is 2.05. The number of carbonyl (C=O) groups excluding carboxylic acids is 1. The van der Waals surface area contributed by atoms with Gasteiger partial charge in [0.15, 0.2) is 0 Å². The summed E-state index contributed by atoms with van der Waals surface area (Å²) in [6, 6.07) is 23.4. The van der Waals surface area contributed by atoms with Crippen LogP contribution in [0, 0.1) is 10.1 Å². The number of amides is 1. The number of non-ortho nitro benzene ring substituents is 1. The molecule has 6 heteroatoms. The summed E-state index contributed by atoms with van der Waals surface area (Å²) in [4.78, 5) is 26.5. The molecule has 3 aromatic rings. The highest BCUT2D eigenvalue weighted by Gasteiger charge is 2.35. The summed E-state index contributed by atoms with van der Waals surface area (Å²) in [6.07, 6.45) is 0. The second-order valence-electron chi connectivity index (χ2n) is 5.83. The molecule has 26 heavy (non-hydrogen) atoms. The zero-order valence-corrected chi connectivity index (χ0v) is 14.4. The molecule has 0 saturated carbocycles. The van der Waals surface area contributed by atoms with E-state index in [0.29, 0.717) is 11.3 Å². The molecule has 0 saturated heterocycles. The summed E-state index contributed by atoms with van der Waals surface area (Å²) < 4.78 is 0. The maximum absolute atomic E-state index is 13.2. The molecular formula is C20H14N2O3S. The van der Waals surface area contributed by atoms with E-state index < -0.39 is 4.92 Å². The highest BCUT2D eigenvalue weighted by molar-refractivity contribution is 7.99. The lowest BCUT2D eigenvalue weighted by molar-refractivity contribution is -0.384. The third-order valence-corrected chi connectivity index (χ3v) is 5.53. The van der Waals surface area contributed by atoms with Gasteiger partial charge in [0.2, 0.25) is 0 Å². The van der Waals surface area contributed by atoms with Crippen LogP contribution < -0.4 is 4.90 Å². The molecule has 1 heterocycles. The Kier molecular flexibility index (Phi) is 4.18. The Bertz CT molecular complexity index is 991. The number of carbonyl (C=O) groups is 1. The predicted octanol–water partition coefficient (Wildman–Crippen LogP) is 5.05. The van der Waals surface area contributed by atoms with Gasteiger partial charge in [-0.1, -0.05) is 60.3 Å². The van der Waals surface area contributed by atoms with Gasteiger partial charge in [-0.15, -0.1) is 0 Å². The van der Waals surface area contributed by atoms with Crippen molar-refractivity contribution in [1.82, 2.24) is 0 Å². The van der Waals surface area contributed by atoms with E-state index in [1.54, 1.807) is 34.9 Å². The molecule has 0 bridgehead atoms. The van der Waals surface area contributed by atoms with Gasteiger partial charge in [0.05, 0.1) is 16.2 Å². The fourth-order valence-electron chi connectivity index (χ4n) is 3.00. The molecule has 0 fully saturated rings. The molecule has 0 aromatic heterocycles. The molecule has 1 atom stereocenters. The SMILES string of the molecule is O=C1c2ccccc2SC(c2ccccc2)N1c1cccc([N+](=O)[O-])c1. The first-order valence-electron chi connectivity index (χ1n) is 8.04. The lowest BCUT2D eigenvalue weighted by atomic mass is 10.1. The largest absolute Gasteiger partial charge is 0.291 e. The normalized spacial score (nSPS) is 16.2. The highest BCUT2D eigenvalue weighted by atomic mass is 32.2. The molecule has 1 amide bonds. The lowest BCUT2D eigenvalue weighted by Crippen LogP contribution is -2.36. The fraction of sp³-hybridized carbons (Fsp3) is 0.0500. The van der Waals surface area contributed by atoms with Gasteiger partial charge in [-0.25, -0.2) is 0 Å². The Morgan fingerprint density at radius 1 is 0.923 bits per heavy atom. The fourth-order valence-corrected chi connectivity index (χ4v) is 4.30. The molecule has 4 rings (SSSR count). The third-order valence-electron chi connectivity index (χ3n) is 4.21. The van der Waals surface area contributed by atoms with Gasteiger partial charge >= 0.3 is 0 Å². The number of nitrogens with zero attached hydrogens (tertiary/aromatic N) is 2. The number of hydrogen-bond donors (Lipinski definition) is 0. The first-order valence-corrected chi connectivity index (χ1v) is 8.92. The van der Waals surface area contributed by atoms with Crippen LogP contribution in [0.25, 0.3) is 0 Å². The van der Waals surface area contributed by atoms with Crippen LogP contribution in [-0.2, 0) is 0 Å². The molecule has 1 aliphatic heterocycles. The van der Waals surface area contributed by atoms with E-state index in [1.165, 1.54) is 12.1 Å². The topological polar surface area (TPSA) is 63.5 Å². The average Bonchev–Trinajstić information content (AvgIpc) is 2.68. The van der Waals surface area contributed by atoms with E-state index in [0.717, 1.165) is 10.5 Å². The molecule has 5 nitrogen and oxygen atoms in total. The van der Waals surface area contributed by atoms with Crippen LogP contribution in [0.4, 0.5) is 11.4 Å². The first kappa shape index (κ1) is 16.4. The Morgan fingerprint density at radius 2 is 1.65 bits per heavy atom. The zero-order valence-electron chi connectivity index (χ0n) is 13.6. The number of nitro benzene ring substituents is 1. The van der Waals surface area contributed by atoms with E-state index in [4.69, 9.17) is 0 Å². The summed E-state index contributed by atoms with van der Waals surface area (Å²) in [7, 11) is 0. The van der Waals surface area contributed by atoms with Crippen LogP contribution in [0.2, 0.25) is 0 Å². The maximum atomic E-state index is 13.2. The van der Waals surface area contributed by atoms with Crippen molar-refractivity contribution >= 4 is 29.0 Å². The van der Waals surface area contributed by atoms with Gasteiger partial charge in [-0.2, -0.15) is 0 Å². The van der Waals surface area contributed by atoms with E-state index in [-0.39, 0.29) is 17.0 Å². The molecule has 128 valence electrons. The van der Waals surface area contributed by atoms with Crippen molar-refractivity contribution in [3.63, 3.8) is 0 Å². The van der Waals surface area contributed by atoms with Gasteiger partial charge in [0.1, 0.15) is 5.37 Å². The number of anilines is 1. The van der Waals surface area contributed by atoms with Gasteiger partial charge in [0.25, 0.3) is 11.6 Å². The molecule has 1 unspecified atom stereocenters. The predicted molar refractivity (Wildman–Crippen MR) is 101 cm³/mol. The molecule has 0 aliphatic carbocycles. The minimum absolute atomic E-state index is 0.0361. The van der Waals surface area contributed by atoms with Crippen molar-refractivity contribution in [3.05, 3.63) is 100 Å². The van der Waals surface area contributed by atoms with Gasteiger partial charge in [0, 0.05) is 17.0 Å². The number of benzene rings is 3. The van der Waals surface area contributed by atoms with Crippen molar-refractivity contribution in [1.29, 1.82) is 0 Å². The summed E-state index contributed by atoms with van der Waals surface area (Å²) in [5, 5.41) is 10.9. The molecule has 0 radical (unpaired) electrons.